The van der Waals surface area contributed by atoms with E-state index in [-0.39, 0.29) is 29.1 Å². The number of hydrogen-bond acceptors (Lipinski definition) is 9. The maximum Gasteiger partial charge on any atom is 0.247 e. The zero-order valence-corrected chi connectivity index (χ0v) is 22.2. The highest BCUT2D eigenvalue weighted by Gasteiger charge is 2.21. The Hall–Kier alpha value is -4.69. The summed E-state index contributed by atoms with van der Waals surface area (Å²) in [5, 5.41) is 18.5. The summed E-state index contributed by atoms with van der Waals surface area (Å²) in [5.74, 6) is 0.0328. The first-order valence-corrected chi connectivity index (χ1v) is 12.5. The number of amides is 1. The van der Waals surface area contributed by atoms with Gasteiger partial charge in [-0.3, -0.25) is 4.79 Å². The maximum absolute atomic E-state index is 15.3. The molecule has 2 aromatic carbocycles. The second-order valence-corrected chi connectivity index (χ2v) is 9.31. The normalized spacial score (nSPS) is 13.5. The first-order chi connectivity index (χ1) is 18.8. The first kappa shape index (κ1) is 27.3. The van der Waals surface area contributed by atoms with Crippen LogP contribution in [0, 0.1) is 17.1 Å². The average molecular weight is 531 g/mol. The zero-order chi connectivity index (χ0) is 27.9. The number of nitrogens with one attached hydrogen (secondary N) is 3. The van der Waals surface area contributed by atoms with Gasteiger partial charge in [0, 0.05) is 32.2 Å². The van der Waals surface area contributed by atoms with Gasteiger partial charge in [-0.05, 0) is 45.2 Å². The predicted octanol–water partition coefficient (Wildman–Crippen LogP) is 4.64. The van der Waals surface area contributed by atoms with E-state index in [1.54, 1.807) is 6.07 Å². The molecule has 4 rings (SSSR count). The van der Waals surface area contributed by atoms with Crippen molar-refractivity contribution in [2.24, 2.45) is 0 Å². The van der Waals surface area contributed by atoms with Gasteiger partial charge in [0.05, 0.1) is 35.1 Å². The number of piperazine rings is 1. The molecule has 1 fully saturated rings. The van der Waals surface area contributed by atoms with E-state index in [0.29, 0.717) is 35.9 Å². The molecule has 10 nitrogen and oxygen atoms in total. The minimum Gasteiger partial charge on any atom is -0.489 e. The fourth-order valence-electron chi connectivity index (χ4n) is 4.04. The summed E-state index contributed by atoms with van der Waals surface area (Å²) in [5.41, 5.74) is 1.80. The van der Waals surface area contributed by atoms with Gasteiger partial charge < -0.3 is 30.5 Å². The van der Waals surface area contributed by atoms with Crippen LogP contribution in [-0.2, 0) is 4.79 Å². The highest BCUT2D eigenvalue weighted by Crippen LogP contribution is 2.34. The second-order valence-electron chi connectivity index (χ2n) is 9.31. The minimum atomic E-state index is -0.453. The van der Waals surface area contributed by atoms with Crippen LogP contribution in [0.25, 0.3) is 0 Å². The molecule has 0 atom stereocenters. The standard InChI is InChI=1S/C28H31FN8O2/c1-5-26(38)32-23-15-24(37-12-10-36(4)11-13-37)20(29)14-22(23)34-28-31-17-19(16-30)27(35-28)33-21-8-6-7-9-25(21)39-18(2)3/h5-9,14-15,17-18H,1,10-13H2,2-4H3,(H,32,38)(H2,31,33,34,35). The van der Waals surface area contributed by atoms with Gasteiger partial charge in [0.25, 0.3) is 0 Å². The topological polar surface area (TPSA) is 118 Å². The van der Waals surface area contributed by atoms with Crippen molar-refractivity contribution >= 4 is 40.4 Å². The molecule has 0 spiro atoms. The van der Waals surface area contributed by atoms with E-state index >= 15 is 4.39 Å². The molecular formula is C28H31FN8O2. The van der Waals surface area contributed by atoms with Crippen LogP contribution in [0.3, 0.4) is 0 Å². The molecule has 1 aromatic heterocycles. The average Bonchev–Trinajstić information content (AvgIpc) is 2.91. The van der Waals surface area contributed by atoms with E-state index < -0.39 is 11.7 Å². The van der Waals surface area contributed by atoms with E-state index in [2.05, 4.69) is 43.5 Å². The molecule has 2 heterocycles. The number of hydrogen-bond donors (Lipinski definition) is 3. The number of aromatic nitrogens is 2. The molecule has 1 aliphatic rings. The molecule has 3 aromatic rings. The zero-order valence-electron chi connectivity index (χ0n) is 22.2. The van der Waals surface area contributed by atoms with E-state index in [1.165, 1.54) is 12.3 Å². The van der Waals surface area contributed by atoms with Gasteiger partial charge in [0.1, 0.15) is 23.2 Å². The second kappa shape index (κ2) is 12.2. The number of benzene rings is 2. The molecular weight excluding hydrogens is 499 g/mol. The molecule has 0 aliphatic carbocycles. The molecule has 1 amide bonds. The van der Waals surface area contributed by atoms with Crippen molar-refractivity contribution in [2.75, 3.05) is 54.1 Å². The molecule has 202 valence electrons. The molecule has 0 bridgehead atoms. The number of rotatable bonds is 9. The van der Waals surface area contributed by atoms with Gasteiger partial charge in [-0.25, -0.2) is 9.37 Å². The Morgan fingerprint density at radius 2 is 1.90 bits per heavy atom. The van der Waals surface area contributed by atoms with Crippen molar-refractivity contribution < 1.29 is 13.9 Å². The largest absolute Gasteiger partial charge is 0.489 e. The maximum atomic E-state index is 15.3. The minimum absolute atomic E-state index is 0.0566. The molecule has 1 saturated heterocycles. The SMILES string of the molecule is C=CC(=O)Nc1cc(N2CCN(C)CC2)c(F)cc1Nc1ncc(C#N)c(Nc2ccccc2OC(C)C)n1. The number of para-hydroxylation sites is 2. The summed E-state index contributed by atoms with van der Waals surface area (Å²) >= 11 is 0. The van der Waals surface area contributed by atoms with Crippen LogP contribution in [0.15, 0.2) is 55.3 Å². The van der Waals surface area contributed by atoms with Crippen molar-refractivity contribution in [3.8, 4) is 11.8 Å². The third kappa shape index (κ3) is 6.80. The number of nitriles is 1. The smallest absolute Gasteiger partial charge is 0.247 e. The van der Waals surface area contributed by atoms with Gasteiger partial charge in [-0.1, -0.05) is 18.7 Å². The molecule has 3 N–H and O–H groups in total. The lowest BCUT2D eigenvalue weighted by Crippen LogP contribution is -2.44. The third-order valence-electron chi connectivity index (χ3n) is 6.03. The van der Waals surface area contributed by atoms with Crippen LogP contribution in [0.1, 0.15) is 19.4 Å². The fraction of sp³-hybridized carbons (Fsp3) is 0.286. The van der Waals surface area contributed by atoms with Crippen LogP contribution in [0.2, 0.25) is 0 Å². The Labute approximate surface area is 227 Å². The monoisotopic (exact) mass is 530 g/mol. The molecule has 1 aliphatic heterocycles. The van der Waals surface area contributed by atoms with Crippen molar-refractivity contribution in [1.29, 1.82) is 5.26 Å². The van der Waals surface area contributed by atoms with E-state index in [0.717, 1.165) is 19.2 Å². The summed E-state index contributed by atoms with van der Waals surface area (Å²) in [7, 11) is 2.02. The number of ether oxygens (including phenoxy) is 1. The van der Waals surface area contributed by atoms with E-state index in [1.807, 2.05) is 50.1 Å². The predicted molar refractivity (Wildman–Crippen MR) is 150 cm³/mol. The van der Waals surface area contributed by atoms with Crippen molar-refractivity contribution in [3.63, 3.8) is 0 Å². The number of carbonyl (C=O) groups excluding carboxylic acids is 1. The molecule has 11 heteroatoms. The van der Waals surface area contributed by atoms with Gasteiger partial charge in [-0.2, -0.15) is 10.2 Å². The lowest BCUT2D eigenvalue weighted by atomic mass is 10.2. The van der Waals surface area contributed by atoms with Gasteiger partial charge in [0.2, 0.25) is 11.9 Å². The van der Waals surface area contributed by atoms with Gasteiger partial charge in [-0.15, -0.1) is 0 Å². The number of carbonyl (C=O) groups is 1. The number of nitrogens with zero attached hydrogens (tertiary/aromatic N) is 5. The lowest BCUT2D eigenvalue weighted by Gasteiger charge is -2.34. The highest BCUT2D eigenvalue weighted by atomic mass is 19.1. The van der Waals surface area contributed by atoms with Gasteiger partial charge in [0.15, 0.2) is 5.82 Å². The highest BCUT2D eigenvalue weighted by molar-refractivity contribution is 6.02. The summed E-state index contributed by atoms with van der Waals surface area (Å²) in [6.07, 6.45) is 2.44. The molecule has 0 radical (unpaired) electrons. The number of halogens is 1. The Morgan fingerprint density at radius 3 is 2.59 bits per heavy atom. The Kier molecular flexibility index (Phi) is 8.58. The molecule has 0 saturated carbocycles. The lowest BCUT2D eigenvalue weighted by molar-refractivity contribution is -0.111. The number of anilines is 6. The summed E-state index contributed by atoms with van der Waals surface area (Å²) in [4.78, 5) is 25.0. The summed E-state index contributed by atoms with van der Waals surface area (Å²) in [6, 6.07) is 12.3. The quantitative estimate of drug-likeness (QED) is 0.340. The van der Waals surface area contributed by atoms with Crippen molar-refractivity contribution in [2.45, 2.75) is 20.0 Å². The van der Waals surface area contributed by atoms with E-state index in [9.17, 15) is 10.1 Å². The van der Waals surface area contributed by atoms with Crippen molar-refractivity contribution in [3.05, 3.63) is 66.6 Å². The third-order valence-corrected chi connectivity index (χ3v) is 6.03. The van der Waals surface area contributed by atoms with Crippen LogP contribution in [-0.4, -0.2) is 60.1 Å². The Bertz CT molecular complexity index is 1400. The van der Waals surface area contributed by atoms with Crippen LogP contribution in [0.4, 0.5) is 38.9 Å². The Balaban J connectivity index is 1.66. The van der Waals surface area contributed by atoms with Gasteiger partial charge >= 0.3 is 0 Å². The fourth-order valence-corrected chi connectivity index (χ4v) is 4.04. The van der Waals surface area contributed by atoms with Crippen molar-refractivity contribution in [1.82, 2.24) is 14.9 Å². The summed E-state index contributed by atoms with van der Waals surface area (Å²) in [6.45, 7) is 10.3. The summed E-state index contributed by atoms with van der Waals surface area (Å²) < 4.78 is 21.2. The molecule has 0 unspecified atom stereocenters. The number of likely N-dealkylation sites (N-methyl/N-ethyl adjacent to an activating group) is 1. The molecule has 39 heavy (non-hydrogen) atoms. The van der Waals surface area contributed by atoms with Crippen LogP contribution in [0.5, 0.6) is 5.75 Å². The first-order valence-electron chi connectivity index (χ1n) is 12.5. The van der Waals surface area contributed by atoms with Crippen LogP contribution < -0.4 is 25.6 Å². The van der Waals surface area contributed by atoms with E-state index in [4.69, 9.17) is 4.74 Å². The Morgan fingerprint density at radius 1 is 1.15 bits per heavy atom. The van der Waals surface area contributed by atoms with Crippen LogP contribution >= 0.6 is 0 Å².